The highest BCUT2D eigenvalue weighted by Gasteiger charge is 2.43. The van der Waals surface area contributed by atoms with Crippen LogP contribution in [0.25, 0.3) is 0 Å². The number of rotatable bonds is 9. The summed E-state index contributed by atoms with van der Waals surface area (Å²) in [5.74, 6) is 3.73. The average molecular weight is 531 g/mol. The number of halogens is 2. The lowest BCUT2D eigenvalue weighted by atomic mass is 9.89. The zero-order valence-corrected chi connectivity index (χ0v) is 22.5. The summed E-state index contributed by atoms with van der Waals surface area (Å²) in [5, 5.41) is 2.92. The molecule has 8 heteroatoms. The normalized spacial score (nSPS) is 26.6. The van der Waals surface area contributed by atoms with Gasteiger partial charge >= 0.3 is 0 Å². The van der Waals surface area contributed by atoms with Gasteiger partial charge in [-0.15, -0.1) is 11.6 Å². The van der Waals surface area contributed by atoms with Crippen LogP contribution in [0.15, 0.2) is 28.2 Å². The number of hydrogen-bond donors (Lipinski definition) is 1. The maximum atomic E-state index is 14.6. The summed E-state index contributed by atoms with van der Waals surface area (Å²) in [6.07, 6.45) is 12.7. The summed E-state index contributed by atoms with van der Waals surface area (Å²) in [7, 11) is 0. The van der Waals surface area contributed by atoms with Gasteiger partial charge in [0.1, 0.15) is 11.6 Å². The summed E-state index contributed by atoms with van der Waals surface area (Å²) in [4.78, 5) is 23.5. The second kappa shape index (κ2) is 12.6. The Kier molecular flexibility index (Phi) is 9.01. The zero-order valence-electron chi connectivity index (χ0n) is 21.7. The molecule has 2 heterocycles. The fraction of sp³-hybridized carbons (Fsp3) is 0.690. The van der Waals surface area contributed by atoms with Crippen molar-refractivity contribution in [2.45, 2.75) is 69.6 Å². The largest absolute Gasteiger partial charge is 0.493 e. The molecule has 1 amide bonds. The fourth-order valence-electron chi connectivity index (χ4n) is 6.27. The number of likely N-dealkylation sites (tertiary alicyclic amines) is 1. The first-order valence-corrected chi connectivity index (χ1v) is 14.6. The lowest BCUT2D eigenvalue weighted by Gasteiger charge is -2.33. The van der Waals surface area contributed by atoms with Gasteiger partial charge in [0.15, 0.2) is 0 Å². The van der Waals surface area contributed by atoms with E-state index in [1.807, 2.05) is 0 Å². The zero-order chi connectivity index (χ0) is 25.6. The lowest BCUT2D eigenvalue weighted by Crippen LogP contribution is -2.39. The minimum atomic E-state index is -0.366. The number of piperidine rings is 1. The monoisotopic (exact) mass is 530 g/mol. The van der Waals surface area contributed by atoms with Gasteiger partial charge < -0.3 is 15.0 Å². The number of carbonyl (C=O) groups excluding carboxylic acids is 1. The SMILES string of the molecule is O=C(Cc1ccc(OCCC2CC2C2CCN(C3=NCC(Cl)C=N3)CC2)cc1F)NCC1CCCCC1. The Morgan fingerprint density at radius 2 is 1.97 bits per heavy atom. The molecule has 0 aromatic heterocycles. The topological polar surface area (TPSA) is 66.3 Å². The van der Waals surface area contributed by atoms with Crippen molar-refractivity contribution in [1.29, 1.82) is 0 Å². The van der Waals surface area contributed by atoms with Crippen molar-refractivity contribution in [3.8, 4) is 5.75 Å². The molecule has 2 aliphatic carbocycles. The molecule has 37 heavy (non-hydrogen) atoms. The lowest BCUT2D eigenvalue weighted by molar-refractivity contribution is -0.120. The first-order chi connectivity index (χ1) is 18.0. The van der Waals surface area contributed by atoms with Gasteiger partial charge in [-0.2, -0.15) is 0 Å². The molecule has 3 fully saturated rings. The summed E-state index contributed by atoms with van der Waals surface area (Å²) >= 11 is 6.04. The number of nitrogens with zero attached hydrogens (tertiary/aromatic N) is 3. The summed E-state index contributed by atoms with van der Waals surface area (Å²) in [6, 6.07) is 4.90. The van der Waals surface area contributed by atoms with E-state index in [0.717, 1.165) is 37.3 Å². The second-order valence-corrected chi connectivity index (χ2v) is 11.9. The van der Waals surface area contributed by atoms with Crippen LogP contribution in [0.3, 0.4) is 0 Å². The standard InChI is InChI=1S/C29H40ClFN4O2/c30-24-18-33-29(34-19-24)35-11-8-21(9-12-35)26-14-22(26)10-13-37-25-7-6-23(27(31)16-25)15-28(36)32-17-20-4-2-1-3-5-20/h6-7,16,18,20-22,24,26H,1-5,8-15,17,19H2,(H,32,36). The number of aliphatic imine (C=N–C) groups is 2. The second-order valence-electron chi connectivity index (χ2n) is 11.3. The Bertz CT molecular complexity index is 988. The van der Waals surface area contributed by atoms with Gasteiger partial charge in [0.25, 0.3) is 0 Å². The molecule has 0 radical (unpaired) electrons. The van der Waals surface area contributed by atoms with Crippen LogP contribution in [0.5, 0.6) is 5.75 Å². The molecule has 202 valence electrons. The summed E-state index contributed by atoms with van der Waals surface area (Å²) < 4.78 is 20.5. The van der Waals surface area contributed by atoms with Crippen molar-refractivity contribution in [2.75, 3.05) is 32.8 Å². The van der Waals surface area contributed by atoms with E-state index < -0.39 is 0 Å². The van der Waals surface area contributed by atoms with Crippen LogP contribution >= 0.6 is 11.6 Å². The van der Waals surface area contributed by atoms with Crippen LogP contribution in [-0.4, -0.2) is 61.1 Å². The quantitative estimate of drug-likeness (QED) is 0.445. The summed E-state index contributed by atoms with van der Waals surface area (Å²) in [5.41, 5.74) is 0.425. The van der Waals surface area contributed by atoms with Gasteiger partial charge in [-0.05, 0) is 73.8 Å². The van der Waals surface area contributed by atoms with E-state index in [0.29, 0.717) is 42.8 Å². The highest BCUT2D eigenvalue weighted by Crippen LogP contribution is 2.49. The van der Waals surface area contributed by atoms with Crippen LogP contribution < -0.4 is 10.1 Å². The van der Waals surface area contributed by atoms with Gasteiger partial charge in [0.05, 0.1) is 24.9 Å². The van der Waals surface area contributed by atoms with Crippen LogP contribution in [0.1, 0.15) is 63.4 Å². The number of carbonyl (C=O) groups is 1. The molecule has 1 aromatic carbocycles. The third-order valence-electron chi connectivity index (χ3n) is 8.61. The van der Waals surface area contributed by atoms with Gasteiger partial charge in [0, 0.05) is 31.9 Å². The van der Waals surface area contributed by atoms with E-state index in [1.165, 1.54) is 57.4 Å². The van der Waals surface area contributed by atoms with Crippen molar-refractivity contribution < 1.29 is 13.9 Å². The molecule has 4 aliphatic rings. The van der Waals surface area contributed by atoms with E-state index >= 15 is 0 Å². The average Bonchev–Trinajstić information content (AvgIpc) is 3.70. The minimum absolute atomic E-state index is 0.0765. The van der Waals surface area contributed by atoms with E-state index in [-0.39, 0.29) is 23.5 Å². The molecule has 1 N–H and O–H groups in total. The van der Waals surface area contributed by atoms with Crippen molar-refractivity contribution in [2.24, 2.45) is 33.7 Å². The molecule has 1 aromatic rings. The molecular formula is C29H40ClFN4O2. The van der Waals surface area contributed by atoms with Crippen LogP contribution in [0.4, 0.5) is 4.39 Å². The Morgan fingerprint density at radius 1 is 1.16 bits per heavy atom. The maximum Gasteiger partial charge on any atom is 0.224 e. The molecule has 0 spiro atoms. The van der Waals surface area contributed by atoms with Gasteiger partial charge in [-0.3, -0.25) is 4.79 Å². The van der Waals surface area contributed by atoms with E-state index in [4.69, 9.17) is 16.3 Å². The van der Waals surface area contributed by atoms with E-state index in [9.17, 15) is 9.18 Å². The molecule has 6 nitrogen and oxygen atoms in total. The van der Waals surface area contributed by atoms with Crippen LogP contribution in [0, 0.1) is 29.5 Å². The molecule has 0 bridgehead atoms. The number of guanidine groups is 1. The van der Waals surface area contributed by atoms with Gasteiger partial charge in [-0.1, -0.05) is 25.3 Å². The van der Waals surface area contributed by atoms with E-state index in [2.05, 4.69) is 20.2 Å². The van der Waals surface area contributed by atoms with Crippen molar-refractivity contribution in [3.63, 3.8) is 0 Å². The number of alkyl halides is 1. The smallest absolute Gasteiger partial charge is 0.224 e. The Hall–Kier alpha value is -2.15. The molecule has 2 aliphatic heterocycles. The summed E-state index contributed by atoms with van der Waals surface area (Å²) in [6.45, 7) is 3.95. The molecule has 3 atom stereocenters. The third-order valence-corrected chi connectivity index (χ3v) is 8.86. The van der Waals surface area contributed by atoms with Crippen LogP contribution in [0.2, 0.25) is 0 Å². The molecule has 1 saturated heterocycles. The number of nitrogens with one attached hydrogen (secondary N) is 1. The first kappa shape index (κ1) is 26.5. The number of amides is 1. The molecular weight excluding hydrogens is 491 g/mol. The van der Waals surface area contributed by atoms with Crippen LogP contribution in [-0.2, 0) is 11.2 Å². The van der Waals surface area contributed by atoms with Gasteiger partial charge in [-0.25, -0.2) is 14.4 Å². The number of hydrogen-bond acceptors (Lipinski definition) is 5. The fourth-order valence-corrected chi connectivity index (χ4v) is 6.39. The predicted octanol–water partition coefficient (Wildman–Crippen LogP) is 5.23. The maximum absolute atomic E-state index is 14.6. The number of ether oxygens (including phenoxy) is 1. The predicted molar refractivity (Wildman–Crippen MR) is 146 cm³/mol. The molecule has 3 unspecified atom stereocenters. The molecule has 2 saturated carbocycles. The Morgan fingerprint density at radius 3 is 2.70 bits per heavy atom. The van der Waals surface area contributed by atoms with Crippen molar-refractivity contribution >= 4 is 29.7 Å². The van der Waals surface area contributed by atoms with Crippen molar-refractivity contribution in [1.82, 2.24) is 10.2 Å². The first-order valence-electron chi connectivity index (χ1n) is 14.2. The highest BCUT2D eigenvalue weighted by molar-refractivity contribution is 6.29. The third kappa shape index (κ3) is 7.46. The Labute approximate surface area is 225 Å². The minimum Gasteiger partial charge on any atom is -0.493 e. The van der Waals surface area contributed by atoms with Gasteiger partial charge in [0.2, 0.25) is 11.9 Å². The van der Waals surface area contributed by atoms with Crippen molar-refractivity contribution in [3.05, 3.63) is 29.6 Å². The van der Waals surface area contributed by atoms with E-state index in [1.54, 1.807) is 18.3 Å². The molecule has 5 rings (SSSR count). The highest BCUT2D eigenvalue weighted by atomic mass is 35.5. The Balaban J connectivity index is 0.980. The number of benzene rings is 1.